The molecule has 0 aliphatic heterocycles. The highest BCUT2D eigenvalue weighted by molar-refractivity contribution is 7.20. The predicted octanol–water partition coefficient (Wildman–Crippen LogP) is 3.45. The van der Waals surface area contributed by atoms with Gasteiger partial charge in [0.2, 0.25) is 0 Å². The molecule has 3 aromatic rings. The highest BCUT2D eigenvalue weighted by atomic mass is 32.1. The monoisotopic (exact) mass is 328 g/mol. The molecule has 0 atom stereocenters. The van der Waals surface area contributed by atoms with E-state index < -0.39 is 4.92 Å². The Hall–Kier alpha value is -2.93. The SMILES string of the molecule is O=C(NCc1ccc(O)cc1)c1cc2cc([N+](=O)[O-])ccc2s1. The molecule has 0 unspecified atom stereocenters. The topological polar surface area (TPSA) is 92.5 Å². The first kappa shape index (κ1) is 15.0. The number of hydrogen-bond acceptors (Lipinski definition) is 5. The van der Waals surface area contributed by atoms with E-state index in [0.717, 1.165) is 10.3 Å². The van der Waals surface area contributed by atoms with Crippen LogP contribution in [0, 0.1) is 10.1 Å². The molecular formula is C16H12N2O4S. The number of phenolic OH excluding ortho intramolecular Hbond substituents is 1. The third-order valence-electron chi connectivity index (χ3n) is 3.32. The molecule has 1 amide bonds. The number of benzene rings is 2. The summed E-state index contributed by atoms with van der Waals surface area (Å²) in [4.78, 5) is 23.0. The molecule has 116 valence electrons. The zero-order valence-electron chi connectivity index (χ0n) is 11.9. The number of phenols is 1. The molecule has 0 saturated heterocycles. The van der Waals surface area contributed by atoms with Gasteiger partial charge in [-0.05, 0) is 29.8 Å². The summed E-state index contributed by atoms with van der Waals surface area (Å²) in [7, 11) is 0. The van der Waals surface area contributed by atoms with Crippen LogP contribution in [0.1, 0.15) is 15.2 Å². The Kier molecular flexibility index (Phi) is 3.94. The second-order valence-electron chi connectivity index (χ2n) is 4.94. The van der Waals surface area contributed by atoms with E-state index in [9.17, 15) is 20.0 Å². The first-order valence-corrected chi connectivity index (χ1v) is 7.59. The number of thiophene rings is 1. The summed E-state index contributed by atoms with van der Waals surface area (Å²) in [5.74, 6) is -0.0619. The highest BCUT2D eigenvalue weighted by Crippen LogP contribution is 2.28. The second-order valence-corrected chi connectivity index (χ2v) is 6.02. The Morgan fingerprint density at radius 2 is 1.91 bits per heavy atom. The molecule has 0 saturated carbocycles. The number of carbonyl (C=O) groups is 1. The number of nitrogens with zero attached hydrogens (tertiary/aromatic N) is 1. The smallest absolute Gasteiger partial charge is 0.270 e. The number of aromatic hydroxyl groups is 1. The number of rotatable bonds is 4. The molecule has 3 rings (SSSR count). The van der Waals surface area contributed by atoms with Gasteiger partial charge in [0.05, 0.1) is 9.80 Å². The van der Waals surface area contributed by atoms with E-state index in [2.05, 4.69) is 5.32 Å². The maximum absolute atomic E-state index is 12.2. The van der Waals surface area contributed by atoms with Crippen LogP contribution >= 0.6 is 11.3 Å². The van der Waals surface area contributed by atoms with Gasteiger partial charge in [-0.3, -0.25) is 14.9 Å². The number of nitro groups is 1. The molecule has 0 fully saturated rings. The first-order valence-electron chi connectivity index (χ1n) is 6.77. The summed E-state index contributed by atoms with van der Waals surface area (Å²) < 4.78 is 0.824. The molecule has 23 heavy (non-hydrogen) atoms. The zero-order chi connectivity index (χ0) is 16.4. The van der Waals surface area contributed by atoms with Gasteiger partial charge in [-0.2, -0.15) is 0 Å². The summed E-state index contributed by atoms with van der Waals surface area (Å²) in [5, 5.41) is 23.5. The van der Waals surface area contributed by atoms with Crippen LogP contribution in [0.5, 0.6) is 5.75 Å². The van der Waals surface area contributed by atoms with Crippen molar-refractivity contribution >= 4 is 33.0 Å². The fraction of sp³-hybridized carbons (Fsp3) is 0.0625. The Labute approximate surface area is 135 Å². The van der Waals surface area contributed by atoms with Gasteiger partial charge in [0.1, 0.15) is 5.75 Å². The number of fused-ring (bicyclic) bond motifs is 1. The average Bonchev–Trinajstić information content (AvgIpc) is 2.97. The molecule has 2 aromatic carbocycles. The number of carbonyl (C=O) groups excluding carboxylic acids is 1. The van der Waals surface area contributed by atoms with Gasteiger partial charge < -0.3 is 10.4 Å². The van der Waals surface area contributed by atoms with E-state index in [1.54, 1.807) is 36.4 Å². The van der Waals surface area contributed by atoms with Gasteiger partial charge in [-0.15, -0.1) is 11.3 Å². The van der Waals surface area contributed by atoms with Gasteiger partial charge in [0.15, 0.2) is 0 Å². The summed E-state index contributed by atoms with van der Waals surface area (Å²) in [6.45, 7) is 0.341. The van der Waals surface area contributed by atoms with E-state index in [1.807, 2.05) is 0 Å². The van der Waals surface area contributed by atoms with Crippen LogP contribution in [-0.2, 0) is 6.54 Å². The molecule has 0 spiro atoms. The van der Waals surface area contributed by atoms with Crippen LogP contribution in [0.3, 0.4) is 0 Å². The molecule has 0 bridgehead atoms. The third-order valence-corrected chi connectivity index (χ3v) is 4.44. The quantitative estimate of drug-likeness (QED) is 0.567. The number of nitro benzene ring substituents is 1. The van der Waals surface area contributed by atoms with E-state index in [1.165, 1.54) is 23.5 Å². The van der Waals surface area contributed by atoms with Crippen LogP contribution < -0.4 is 5.32 Å². The van der Waals surface area contributed by atoms with Crippen molar-refractivity contribution in [1.29, 1.82) is 0 Å². The van der Waals surface area contributed by atoms with E-state index in [-0.39, 0.29) is 17.3 Å². The lowest BCUT2D eigenvalue weighted by Crippen LogP contribution is -2.21. The third kappa shape index (κ3) is 3.29. The molecule has 0 aliphatic rings. The Bertz CT molecular complexity index is 887. The predicted molar refractivity (Wildman–Crippen MR) is 87.8 cm³/mol. The largest absolute Gasteiger partial charge is 0.508 e. The standard InChI is InChI=1S/C16H12N2O4S/c19-13-4-1-10(2-5-13)9-17-16(20)15-8-11-7-12(18(21)22)3-6-14(11)23-15/h1-8,19H,9H2,(H,17,20). The lowest BCUT2D eigenvalue weighted by Gasteiger charge is -2.03. The normalized spacial score (nSPS) is 10.6. The maximum Gasteiger partial charge on any atom is 0.270 e. The number of non-ortho nitro benzene ring substituents is 1. The van der Waals surface area contributed by atoms with Crippen LogP contribution in [-0.4, -0.2) is 15.9 Å². The van der Waals surface area contributed by atoms with Crippen molar-refractivity contribution in [2.24, 2.45) is 0 Å². The lowest BCUT2D eigenvalue weighted by atomic mass is 10.2. The Morgan fingerprint density at radius 1 is 1.17 bits per heavy atom. The molecular weight excluding hydrogens is 316 g/mol. The van der Waals surface area contributed by atoms with Crippen molar-refractivity contribution in [2.75, 3.05) is 0 Å². The molecule has 0 aliphatic carbocycles. The fourth-order valence-corrected chi connectivity index (χ4v) is 3.10. The number of nitrogens with one attached hydrogen (secondary N) is 1. The fourth-order valence-electron chi connectivity index (χ4n) is 2.14. The summed E-state index contributed by atoms with van der Waals surface area (Å²) in [5.41, 5.74) is 0.874. The minimum absolute atomic E-state index is 0.00588. The van der Waals surface area contributed by atoms with Crippen molar-refractivity contribution in [3.05, 3.63) is 69.1 Å². The second kappa shape index (κ2) is 6.05. The van der Waals surface area contributed by atoms with Gasteiger partial charge in [-0.25, -0.2) is 0 Å². The van der Waals surface area contributed by atoms with Crippen molar-refractivity contribution in [2.45, 2.75) is 6.54 Å². The van der Waals surface area contributed by atoms with Crippen molar-refractivity contribution < 1.29 is 14.8 Å². The lowest BCUT2D eigenvalue weighted by molar-refractivity contribution is -0.384. The van der Waals surface area contributed by atoms with Crippen LogP contribution in [0.15, 0.2) is 48.5 Å². The first-order chi connectivity index (χ1) is 11.0. The van der Waals surface area contributed by atoms with Gasteiger partial charge >= 0.3 is 0 Å². The molecule has 1 heterocycles. The Balaban J connectivity index is 1.75. The molecule has 6 nitrogen and oxygen atoms in total. The van der Waals surface area contributed by atoms with Crippen molar-refractivity contribution in [1.82, 2.24) is 5.32 Å². The highest BCUT2D eigenvalue weighted by Gasteiger charge is 2.13. The zero-order valence-corrected chi connectivity index (χ0v) is 12.7. The van der Waals surface area contributed by atoms with Crippen molar-refractivity contribution in [3.8, 4) is 5.75 Å². The Morgan fingerprint density at radius 3 is 2.61 bits per heavy atom. The summed E-state index contributed by atoms with van der Waals surface area (Å²) in [6.07, 6.45) is 0. The van der Waals surface area contributed by atoms with Crippen LogP contribution in [0.4, 0.5) is 5.69 Å². The van der Waals surface area contributed by atoms with Crippen molar-refractivity contribution in [3.63, 3.8) is 0 Å². The summed E-state index contributed by atoms with van der Waals surface area (Å²) >= 11 is 1.29. The van der Waals surface area contributed by atoms with E-state index in [4.69, 9.17) is 0 Å². The molecule has 0 radical (unpaired) electrons. The molecule has 7 heteroatoms. The number of amides is 1. The maximum atomic E-state index is 12.2. The molecule has 2 N–H and O–H groups in total. The van der Waals surface area contributed by atoms with Gasteiger partial charge in [0, 0.05) is 28.8 Å². The van der Waals surface area contributed by atoms with E-state index in [0.29, 0.717) is 16.8 Å². The van der Waals surface area contributed by atoms with Gasteiger partial charge in [0.25, 0.3) is 11.6 Å². The van der Waals surface area contributed by atoms with E-state index >= 15 is 0 Å². The summed E-state index contributed by atoms with van der Waals surface area (Å²) in [6, 6.07) is 12.8. The minimum atomic E-state index is -0.457. The van der Waals surface area contributed by atoms with Gasteiger partial charge in [-0.1, -0.05) is 12.1 Å². The number of hydrogen-bond donors (Lipinski definition) is 2. The minimum Gasteiger partial charge on any atom is -0.508 e. The average molecular weight is 328 g/mol. The molecule has 1 aromatic heterocycles. The van der Waals surface area contributed by atoms with Crippen LogP contribution in [0.2, 0.25) is 0 Å². The van der Waals surface area contributed by atoms with Crippen LogP contribution in [0.25, 0.3) is 10.1 Å².